The summed E-state index contributed by atoms with van der Waals surface area (Å²) in [5.41, 5.74) is 6.45. The van der Waals surface area contributed by atoms with Crippen LogP contribution in [0.1, 0.15) is 51.0 Å². The Kier molecular flexibility index (Phi) is 5.46. The number of piperidine rings is 1. The van der Waals surface area contributed by atoms with E-state index in [0.29, 0.717) is 12.1 Å². The highest BCUT2D eigenvalue weighted by Gasteiger charge is 2.33. The predicted molar refractivity (Wildman–Crippen MR) is 87.6 cm³/mol. The first kappa shape index (κ1) is 15.5. The van der Waals surface area contributed by atoms with Gasteiger partial charge in [0.25, 0.3) is 0 Å². The Balaban J connectivity index is 2.26. The molecule has 0 saturated carbocycles. The molecule has 2 nitrogen and oxygen atoms in total. The Hall–Kier alpha value is 0.1000. The van der Waals surface area contributed by atoms with Crippen LogP contribution >= 0.6 is 27.3 Å². The summed E-state index contributed by atoms with van der Waals surface area (Å²) < 4.78 is 1.18. The maximum Gasteiger partial charge on any atom is 0.0596 e. The van der Waals surface area contributed by atoms with E-state index in [1.807, 2.05) is 11.3 Å². The molecule has 1 aromatic heterocycles. The molecule has 0 radical (unpaired) electrons. The molecule has 0 bridgehead atoms. The predicted octanol–water partition coefficient (Wildman–Crippen LogP) is 4.41. The van der Waals surface area contributed by atoms with Crippen LogP contribution < -0.4 is 5.73 Å². The molecule has 1 fully saturated rings. The van der Waals surface area contributed by atoms with Gasteiger partial charge in [0.15, 0.2) is 0 Å². The minimum Gasteiger partial charge on any atom is -0.326 e. The van der Waals surface area contributed by atoms with Crippen molar-refractivity contribution >= 4 is 27.3 Å². The van der Waals surface area contributed by atoms with Crippen molar-refractivity contribution in [2.24, 2.45) is 11.7 Å². The highest BCUT2D eigenvalue weighted by molar-refractivity contribution is 9.10. The molecule has 1 saturated heterocycles. The molecule has 1 aliphatic heterocycles. The van der Waals surface area contributed by atoms with Crippen LogP contribution in [0.5, 0.6) is 0 Å². The van der Waals surface area contributed by atoms with Gasteiger partial charge in [0.1, 0.15) is 0 Å². The molecule has 19 heavy (non-hydrogen) atoms. The maximum atomic E-state index is 6.45. The van der Waals surface area contributed by atoms with Gasteiger partial charge in [-0.25, -0.2) is 0 Å². The second-order valence-corrected chi connectivity index (χ2v) is 7.77. The molecule has 4 unspecified atom stereocenters. The van der Waals surface area contributed by atoms with Gasteiger partial charge in [0.2, 0.25) is 0 Å². The summed E-state index contributed by atoms with van der Waals surface area (Å²) in [5, 5.41) is 2.17. The first-order valence-electron chi connectivity index (χ1n) is 7.28. The summed E-state index contributed by atoms with van der Waals surface area (Å²) in [7, 11) is 0. The number of nitrogens with zero attached hydrogens (tertiary/aromatic N) is 1. The average molecular weight is 345 g/mol. The summed E-state index contributed by atoms with van der Waals surface area (Å²) in [6, 6.07) is 3.48. The Morgan fingerprint density at radius 3 is 2.79 bits per heavy atom. The summed E-state index contributed by atoms with van der Waals surface area (Å²) in [6.45, 7) is 8.08. The minimum atomic E-state index is 0.221. The largest absolute Gasteiger partial charge is 0.326 e. The van der Waals surface area contributed by atoms with E-state index >= 15 is 0 Å². The number of hydrogen-bond donors (Lipinski definition) is 1. The van der Waals surface area contributed by atoms with E-state index in [2.05, 4.69) is 53.0 Å². The fourth-order valence-electron chi connectivity index (χ4n) is 3.04. The van der Waals surface area contributed by atoms with Crippen molar-refractivity contribution in [3.63, 3.8) is 0 Å². The molecule has 2 heterocycles. The highest BCUT2D eigenvalue weighted by atomic mass is 79.9. The Morgan fingerprint density at radius 2 is 2.21 bits per heavy atom. The van der Waals surface area contributed by atoms with Crippen LogP contribution in [-0.2, 0) is 0 Å². The van der Waals surface area contributed by atoms with Gasteiger partial charge < -0.3 is 5.73 Å². The van der Waals surface area contributed by atoms with Crippen molar-refractivity contribution in [3.05, 3.63) is 20.8 Å². The van der Waals surface area contributed by atoms with Crippen LogP contribution in [0.2, 0.25) is 0 Å². The number of halogens is 1. The van der Waals surface area contributed by atoms with Gasteiger partial charge >= 0.3 is 0 Å². The molecular formula is C15H25BrN2S. The van der Waals surface area contributed by atoms with E-state index < -0.39 is 0 Å². The van der Waals surface area contributed by atoms with Crippen molar-refractivity contribution in [1.29, 1.82) is 0 Å². The van der Waals surface area contributed by atoms with Crippen LogP contribution in [0.4, 0.5) is 0 Å². The monoisotopic (exact) mass is 344 g/mol. The van der Waals surface area contributed by atoms with Crippen LogP contribution in [-0.4, -0.2) is 23.5 Å². The lowest BCUT2D eigenvalue weighted by atomic mass is 9.91. The van der Waals surface area contributed by atoms with E-state index in [4.69, 9.17) is 5.73 Å². The van der Waals surface area contributed by atoms with E-state index in [1.54, 1.807) is 0 Å². The third-order valence-electron chi connectivity index (χ3n) is 4.28. The van der Waals surface area contributed by atoms with E-state index in [9.17, 15) is 0 Å². The summed E-state index contributed by atoms with van der Waals surface area (Å²) in [4.78, 5) is 4.04. The average Bonchev–Trinajstić information content (AvgIpc) is 2.80. The Labute approximate surface area is 129 Å². The smallest absolute Gasteiger partial charge is 0.0596 e. The van der Waals surface area contributed by atoms with Gasteiger partial charge in [-0.2, -0.15) is 0 Å². The molecular weight excluding hydrogens is 320 g/mol. The van der Waals surface area contributed by atoms with Crippen molar-refractivity contribution in [1.82, 2.24) is 4.90 Å². The van der Waals surface area contributed by atoms with E-state index in [-0.39, 0.29) is 6.04 Å². The SMILES string of the molecule is CCC(N)C(c1cc(Br)cs1)N1CC(C)CCC1C. The number of nitrogens with two attached hydrogens (primary N) is 1. The number of likely N-dealkylation sites (tertiary alicyclic amines) is 1. The molecule has 0 aromatic carbocycles. The molecule has 1 aromatic rings. The third kappa shape index (κ3) is 3.60. The van der Waals surface area contributed by atoms with Gasteiger partial charge in [-0.15, -0.1) is 11.3 Å². The fourth-order valence-corrected chi connectivity index (χ4v) is 4.68. The number of rotatable bonds is 4. The van der Waals surface area contributed by atoms with Crippen LogP contribution in [0.3, 0.4) is 0 Å². The van der Waals surface area contributed by atoms with Gasteiger partial charge in [-0.1, -0.05) is 13.8 Å². The lowest BCUT2D eigenvalue weighted by Gasteiger charge is -2.43. The van der Waals surface area contributed by atoms with Crippen molar-refractivity contribution < 1.29 is 0 Å². The molecule has 4 atom stereocenters. The summed E-state index contributed by atoms with van der Waals surface area (Å²) in [5.74, 6) is 0.783. The minimum absolute atomic E-state index is 0.221. The second-order valence-electron chi connectivity index (χ2n) is 5.91. The molecule has 0 spiro atoms. The zero-order valence-electron chi connectivity index (χ0n) is 12.1. The van der Waals surface area contributed by atoms with Crippen molar-refractivity contribution in [2.75, 3.05) is 6.54 Å². The lowest BCUT2D eigenvalue weighted by molar-refractivity contribution is 0.0642. The quantitative estimate of drug-likeness (QED) is 0.876. The first-order chi connectivity index (χ1) is 9.02. The van der Waals surface area contributed by atoms with Gasteiger partial charge in [-0.05, 0) is 54.1 Å². The number of hydrogen-bond acceptors (Lipinski definition) is 3. The van der Waals surface area contributed by atoms with Crippen molar-refractivity contribution in [2.45, 2.75) is 58.2 Å². The van der Waals surface area contributed by atoms with Crippen molar-refractivity contribution in [3.8, 4) is 0 Å². The summed E-state index contributed by atoms with van der Waals surface area (Å²) in [6.07, 6.45) is 3.66. The Morgan fingerprint density at radius 1 is 1.47 bits per heavy atom. The summed E-state index contributed by atoms with van der Waals surface area (Å²) >= 11 is 5.40. The zero-order valence-corrected chi connectivity index (χ0v) is 14.5. The molecule has 0 aliphatic carbocycles. The van der Waals surface area contributed by atoms with Gasteiger partial charge in [0, 0.05) is 33.4 Å². The zero-order chi connectivity index (χ0) is 14.0. The molecule has 1 aliphatic rings. The van der Waals surface area contributed by atoms with Crippen LogP contribution in [0.25, 0.3) is 0 Å². The van der Waals surface area contributed by atoms with Crippen LogP contribution in [0, 0.1) is 5.92 Å². The topological polar surface area (TPSA) is 29.3 Å². The van der Waals surface area contributed by atoms with Crippen LogP contribution in [0.15, 0.2) is 15.9 Å². The second kappa shape index (κ2) is 6.70. The standard InChI is InChI=1S/C15H25BrN2S/c1-4-13(17)15(14-7-12(16)9-19-14)18-8-10(2)5-6-11(18)3/h7,9-11,13,15H,4-6,8,17H2,1-3H3. The number of thiophene rings is 1. The highest BCUT2D eigenvalue weighted by Crippen LogP contribution is 2.36. The molecule has 2 N–H and O–H groups in total. The fraction of sp³-hybridized carbons (Fsp3) is 0.733. The molecule has 0 amide bonds. The maximum absolute atomic E-state index is 6.45. The molecule has 4 heteroatoms. The van der Waals surface area contributed by atoms with E-state index in [0.717, 1.165) is 12.3 Å². The normalized spacial score (nSPS) is 28.3. The van der Waals surface area contributed by atoms with E-state index in [1.165, 1.54) is 28.7 Å². The third-order valence-corrected chi connectivity index (χ3v) is 6.04. The lowest BCUT2D eigenvalue weighted by Crippen LogP contribution is -2.49. The van der Waals surface area contributed by atoms with Gasteiger partial charge in [0.05, 0.1) is 6.04 Å². The first-order valence-corrected chi connectivity index (χ1v) is 8.95. The molecule has 2 rings (SSSR count). The Bertz CT molecular complexity index is 407. The van der Waals surface area contributed by atoms with Gasteiger partial charge in [-0.3, -0.25) is 4.90 Å². The molecule has 108 valence electrons.